The molecule has 0 saturated carbocycles. The zero-order chi connectivity index (χ0) is 11.4. The molecule has 9 nitrogen and oxygen atoms in total. The molecule has 1 aromatic heterocycles. The van der Waals surface area contributed by atoms with E-state index in [1.807, 2.05) is 0 Å². The summed E-state index contributed by atoms with van der Waals surface area (Å²) in [7, 11) is 0. The van der Waals surface area contributed by atoms with Crippen LogP contribution in [0.2, 0.25) is 0 Å². The van der Waals surface area contributed by atoms with Gasteiger partial charge in [0.1, 0.15) is 5.82 Å². The lowest BCUT2D eigenvalue weighted by molar-refractivity contribution is -0.188. The van der Waals surface area contributed by atoms with E-state index in [0.717, 1.165) is 0 Å². The van der Waals surface area contributed by atoms with Crippen LogP contribution in [0.4, 0.5) is 0 Å². The molecule has 4 N–H and O–H groups in total. The van der Waals surface area contributed by atoms with Crippen molar-refractivity contribution in [3.8, 4) is 12.0 Å². The van der Waals surface area contributed by atoms with Crippen LogP contribution < -0.4 is 9.47 Å². The van der Waals surface area contributed by atoms with Crippen molar-refractivity contribution >= 4 is 0 Å². The van der Waals surface area contributed by atoms with E-state index < -0.39 is 25.0 Å². The van der Waals surface area contributed by atoms with Gasteiger partial charge in [-0.05, 0) is 6.92 Å². The first-order valence-corrected chi connectivity index (χ1v) is 3.75. The monoisotopic (exact) mass is 219 g/mol. The van der Waals surface area contributed by atoms with Crippen molar-refractivity contribution in [3.63, 3.8) is 0 Å². The largest absolute Gasteiger partial charge is 0.408 e. The minimum atomic E-state index is -2.08. The number of hydrogen-bond donors (Lipinski definition) is 4. The Morgan fingerprint density at radius 2 is 1.27 bits per heavy atom. The third-order valence-electron chi connectivity index (χ3n) is 1.13. The van der Waals surface area contributed by atoms with Gasteiger partial charge < -0.3 is 29.9 Å². The number of aryl methyl sites for hydroxylation is 1. The predicted octanol–water partition coefficient (Wildman–Crippen LogP) is -2.53. The Hall–Kier alpha value is -1.55. The zero-order valence-corrected chi connectivity index (χ0v) is 7.60. The van der Waals surface area contributed by atoms with Gasteiger partial charge >= 0.3 is 25.0 Å². The van der Waals surface area contributed by atoms with E-state index in [2.05, 4.69) is 24.4 Å². The maximum absolute atomic E-state index is 8.46. The van der Waals surface area contributed by atoms with Gasteiger partial charge in [0.15, 0.2) is 0 Å². The van der Waals surface area contributed by atoms with Crippen molar-refractivity contribution in [2.24, 2.45) is 0 Å². The van der Waals surface area contributed by atoms with Crippen LogP contribution in [0.15, 0.2) is 0 Å². The van der Waals surface area contributed by atoms with Crippen LogP contribution in [0.25, 0.3) is 0 Å². The predicted molar refractivity (Wildman–Crippen MR) is 42.3 cm³/mol. The van der Waals surface area contributed by atoms with Crippen molar-refractivity contribution in [1.82, 2.24) is 15.0 Å². The molecule has 15 heavy (non-hydrogen) atoms. The maximum atomic E-state index is 8.46. The first-order chi connectivity index (χ1) is 6.97. The third-order valence-corrected chi connectivity index (χ3v) is 1.13. The molecule has 0 bridgehead atoms. The Labute approximate surface area is 83.6 Å². The summed E-state index contributed by atoms with van der Waals surface area (Å²) in [6, 6.07) is -0.818. The molecule has 84 valence electrons. The number of aliphatic hydroxyl groups is 4. The van der Waals surface area contributed by atoms with E-state index >= 15 is 0 Å². The normalized spacial score (nSPS) is 10.9. The summed E-state index contributed by atoms with van der Waals surface area (Å²) in [4.78, 5) is 10.6. The fourth-order valence-electron chi connectivity index (χ4n) is 0.728. The summed E-state index contributed by atoms with van der Waals surface area (Å²) in [6.07, 6.45) is 0. The number of aromatic nitrogens is 3. The van der Waals surface area contributed by atoms with Gasteiger partial charge in [-0.15, -0.1) is 4.98 Å². The molecule has 0 aliphatic rings. The summed E-state index contributed by atoms with van der Waals surface area (Å²) in [5.41, 5.74) is 0. The van der Waals surface area contributed by atoms with Crippen LogP contribution in [0.1, 0.15) is 5.82 Å². The molecule has 1 heterocycles. The van der Waals surface area contributed by atoms with Crippen molar-refractivity contribution in [1.29, 1.82) is 0 Å². The van der Waals surface area contributed by atoms with Crippen molar-refractivity contribution in [3.05, 3.63) is 5.82 Å². The molecule has 0 saturated heterocycles. The van der Waals surface area contributed by atoms with Crippen LogP contribution in [0.3, 0.4) is 0 Å². The number of ether oxygens (including phenoxy) is 2. The first kappa shape index (κ1) is 11.5. The second kappa shape index (κ2) is 4.79. The van der Waals surface area contributed by atoms with Gasteiger partial charge in [-0.25, -0.2) is 0 Å². The number of rotatable bonds is 4. The zero-order valence-electron chi connectivity index (χ0n) is 7.60. The summed E-state index contributed by atoms with van der Waals surface area (Å²) >= 11 is 0. The summed E-state index contributed by atoms with van der Waals surface area (Å²) < 4.78 is 8.65. The molecule has 0 radical (unpaired) electrons. The molecular formula is C6H9N3O6. The molecule has 0 aliphatic carbocycles. The van der Waals surface area contributed by atoms with Gasteiger partial charge in [-0.2, -0.15) is 9.97 Å². The second-order valence-corrected chi connectivity index (χ2v) is 2.34. The topological polar surface area (TPSA) is 138 Å². The average Bonchev–Trinajstić information content (AvgIpc) is 1.98. The molecule has 0 atom stereocenters. The Morgan fingerprint density at radius 3 is 1.60 bits per heavy atom. The van der Waals surface area contributed by atoms with E-state index in [-0.39, 0.29) is 5.82 Å². The Balaban J connectivity index is 2.84. The van der Waals surface area contributed by atoms with Gasteiger partial charge in [0.25, 0.3) is 0 Å². The highest BCUT2D eigenvalue weighted by molar-refractivity contribution is 5.04. The third kappa shape index (κ3) is 3.99. The molecule has 0 spiro atoms. The molecule has 0 aromatic carbocycles. The van der Waals surface area contributed by atoms with Gasteiger partial charge in [0.2, 0.25) is 0 Å². The Bertz CT molecular complexity index is 302. The lowest BCUT2D eigenvalue weighted by atomic mass is 10.7. The first-order valence-electron chi connectivity index (χ1n) is 3.75. The molecular weight excluding hydrogens is 210 g/mol. The van der Waals surface area contributed by atoms with E-state index in [1.54, 1.807) is 0 Å². The van der Waals surface area contributed by atoms with Gasteiger partial charge in [0, 0.05) is 0 Å². The molecule has 0 aliphatic heterocycles. The summed E-state index contributed by atoms with van der Waals surface area (Å²) in [5, 5.41) is 33.9. The SMILES string of the molecule is Cc1nc(OC(O)O)nc(OC(O)O)n1. The van der Waals surface area contributed by atoms with Crippen molar-refractivity contribution in [2.75, 3.05) is 0 Å². The smallest absolute Gasteiger partial charge is 0.326 e. The number of hydrogen-bond acceptors (Lipinski definition) is 9. The van der Waals surface area contributed by atoms with Crippen molar-refractivity contribution in [2.45, 2.75) is 19.9 Å². The van der Waals surface area contributed by atoms with Gasteiger partial charge in [-0.3, -0.25) is 0 Å². The van der Waals surface area contributed by atoms with E-state index in [9.17, 15) is 0 Å². The summed E-state index contributed by atoms with van der Waals surface area (Å²) in [5.74, 6) is 0.149. The Morgan fingerprint density at radius 1 is 0.867 bits per heavy atom. The average molecular weight is 219 g/mol. The lowest BCUT2D eigenvalue weighted by Crippen LogP contribution is -2.19. The fourth-order valence-corrected chi connectivity index (χ4v) is 0.728. The molecule has 9 heteroatoms. The standard InChI is InChI=1S/C6H9N3O6/c1-2-7-3(14-5(10)11)9-4(8-2)15-6(12)13/h5-6,10-13H,1H3. The van der Waals surface area contributed by atoms with Crippen LogP contribution in [-0.4, -0.2) is 48.3 Å². The van der Waals surface area contributed by atoms with Gasteiger partial charge in [-0.1, -0.05) is 0 Å². The van der Waals surface area contributed by atoms with Crippen LogP contribution >= 0.6 is 0 Å². The highest BCUT2D eigenvalue weighted by atomic mass is 16.7. The maximum Gasteiger partial charge on any atom is 0.326 e. The molecule has 0 fully saturated rings. The molecule has 1 rings (SSSR count). The number of aliphatic hydroxyl groups excluding tert-OH is 2. The van der Waals surface area contributed by atoms with Crippen LogP contribution in [0, 0.1) is 6.92 Å². The highest BCUT2D eigenvalue weighted by Gasteiger charge is 2.10. The Kier molecular flexibility index (Phi) is 3.68. The van der Waals surface area contributed by atoms with E-state index in [4.69, 9.17) is 20.4 Å². The van der Waals surface area contributed by atoms with Gasteiger partial charge in [0.05, 0.1) is 0 Å². The minimum absolute atomic E-state index is 0.149. The number of nitrogens with zero attached hydrogens (tertiary/aromatic N) is 3. The van der Waals surface area contributed by atoms with E-state index in [0.29, 0.717) is 0 Å². The summed E-state index contributed by atoms with van der Waals surface area (Å²) in [6.45, 7) is -2.72. The highest BCUT2D eigenvalue weighted by Crippen LogP contribution is 2.10. The molecule has 0 unspecified atom stereocenters. The second-order valence-electron chi connectivity index (χ2n) is 2.34. The minimum Gasteiger partial charge on any atom is -0.408 e. The van der Waals surface area contributed by atoms with Crippen LogP contribution in [0.5, 0.6) is 12.0 Å². The molecule has 0 amide bonds. The van der Waals surface area contributed by atoms with Crippen molar-refractivity contribution < 1.29 is 29.9 Å². The quantitative estimate of drug-likeness (QED) is 0.404. The lowest BCUT2D eigenvalue weighted by Gasteiger charge is -2.08. The fraction of sp³-hybridized carbons (Fsp3) is 0.500. The molecule has 1 aromatic rings. The van der Waals surface area contributed by atoms with Crippen LogP contribution in [-0.2, 0) is 0 Å². The van der Waals surface area contributed by atoms with E-state index in [1.165, 1.54) is 6.92 Å².